The second kappa shape index (κ2) is 10.1. The normalized spacial score (nSPS) is 7.92. The Kier molecular flexibility index (Phi) is 17.9. The summed E-state index contributed by atoms with van der Waals surface area (Å²) >= 11 is 0. The number of halogens is 1. The van der Waals surface area contributed by atoms with Gasteiger partial charge < -0.3 is 29.6 Å². The van der Waals surface area contributed by atoms with E-state index in [1.165, 1.54) is 0 Å². The van der Waals surface area contributed by atoms with Crippen LogP contribution in [0.5, 0.6) is 0 Å². The van der Waals surface area contributed by atoms with E-state index in [2.05, 4.69) is 0 Å². The number of rotatable bonds is 0. The van der Waals surface area contributed by atoms with Crippen molar-refractivity contribution in [3.8, 4) is 0 Å². The molecule has 0 rings (SSSR count). The van der Waals surface area contributed by atoms with E-state index in [9.17, 15) is 0 Å². The molecule has 0 aromatic heterocycles. The Bertz CT molecular complexity index is 178. The van der Waals surface area contributed by atoms with Gasteiger partial charge in [0.05, 0.1) is 0 Å². The molecule has 0 aliphatic rings. The van der Waals surface area contributed by atoms with Crippen LogP contribution in [0.25, 0.3) is 0 Å². The standard InChI is InChI=1S/C2H2O4.FH.Na.H3O4P/c3-1(4)2(5)6;;;1-5(2,3)4/h(H,3,4)(H,5,6);1H;;(H3,1,2,3,4)/q;;+1;/p-1. The number of hydrogen-bond acceptors (Lipinski definition) is 3. The van der Waals surface area contributed by atoms with Crippen LogP contribution in [0.4, 0.5) is 0 Å². The van der Waals surface area contributed by atoms with Crippen LogP contribution < -0.4 is 34.3 Å². The van der Waals surface area contributed by atoms with Crippen LogP contribution in [-0.4, -0.2) is 36.8 Å². The smallest absolute Gasteiger partial charge is 1.00 e. The third kappa shape index (κ3) is 75.3. The molecule has 13 heavy (non-hydrogen) atoms. The zero-order chi connectivity index (χ0) is 9.65. The molecule has 8 nitrogen and oxygen atoms in total. The maximum atomic E-state index is 9.10. The monoisotopic (exact) mass is 230 g/mol. The van der Waals surface area contributed by atoms with E-state index < -0.39 is 19.8 Å². The van der Waals surface area contributed by atoms with Gasteiger partial charge in [0.1, 0.15) is 0 Å². The summed E-state index contributed by atoms with van der Waals surface area (Å²) in [6.07, 6.45) is 0. The molecule has 0 fully saturated rings. The van der Waals surface area contributed by atoms with Gasteiger partial charge in [0, 0.05) is 0 Å². The van der Waals surface area contributed by atoms with E-state index in [1.807, 2.05) is 0 Å². The summed E-state index contributed by atoms with van der Waals surface area (Å²) in [5.41, 5.74) is 0. The molecule has 0 heterocycles. The Morgan fingerprint density at radius 2 is 1.00 bits per heavy atom. The van der Waals surface area contributed by atoms with Crippen molar-refractivity contribution >= 4 is 19.8 Å². The molecular weight excluding hydrogens is 225 g/mol. The Balaban J connectivity index is -0.0000000546. The van der Waals surface area contributed by atoms with Crippen LogP contribution in [0.3, 0.4) is 0 Å². The van der Waals surface area contributed by atoms with Crippen molar-refractivity contribution in [2.45, 2.75) is 0 Å². The number of aliphatic carboxylic acids is 2. The topological polar surface area (TPSA) is 152 Å². The SMILES string of the molecule is O=C(O)C(=O)O.O=P(O)(O)O.[F-].[Na+]. The van der Waals surface area contributed by atoms with Gasteiger partial charge in [-0.1, -0.05) is 0 Å². The summed E-state index contributed by atoms with van der Waals surface area (Å²) in [4.78, 5) is 39.8. The second-order valence-corrected chi connectivity index (χ2v) is 2.15. The molecule has 0 saturated carbocycles. The number of carboxylic acid groups (broad SMARTS) is 2. The van der Waals surface area contributed by atoms with Crippen LogP contribution >= 0.6 is 7.82 Å². The van der Waals surface area contributed by atoms with Gasteiger partial charge in [-0.15, -0.1) is 0 Å². The molecule has 5 N–H and O–H groups in total. The van der Waals surface area contributed by atoms with E-state index in [4.69, 9.17) is 39.0 Å². The Labute approximate surface area is 93.1 Å². The summed E-state index contributed by atoms with van der Waals surface area (Å²) in [7, 11) is -4.64. The van der Waals surface area contributed by atoms with Crippen molar-refractivity contribution < 1.29 is 73.3 Å². The second-order valence-electron chi connectivity index (χ2n) is 1.12. The fourth-order valence-electron chi connectivity index (χ4n) is 0. The molecule has 0 amide bonds. The van der Waals surface area contributed by atoms with Crippen LogP contribution in [-0.2, 0) is 14.2 Å². The minimum atomic E-state index is -4.64. The molecule has 0 unspecified atom stereocenters. The number of phosphoric acid groups is 1. The van der Waals surface area contributed by atoms with Crippen molar-refractivity contribution in [1.29, 1.82) is 0 Å². The van der Waals surface area contributed by atoms with Gasteiger partial charge in [-0.3, -0.25) is 0 Å². The van der Waals surface area contributed by atoms with Crippen LogP contribution in [0.2, 0.25) is 0 Å². The summed E-state index contributed by atoms with van der Waals surface area (Å²) < 4.78 is 8.88. The molecule has 0 bridgehead atoms. The van der Waals surface area contributed by atoms with E-state index in [-0.39, 0.29) is 34.3 Å². The van der Waals surface area contributed by atoms with Crippen molar-refractivity contribution in [1.82, 2.24) is 0 Å². The van der Waals surface area contributed by atoms with Crippen molar-refractivity contribution in [3.63, 3.8) is 0 Å². The molecule has 0 radical (unpaired) electrons. The molecule has 0 aromatic carbocycles. The van der Waals surface area contributed by atoms with Gasteiger partial charge in [0.15, 0.2) is 0 Å². The van der Waals surface area contributed by atoms with Crippen LogP contribution in [0.15, 0.2) is 0 Å². The molecule has 0 atom stereocenters. The van der Waals surface area contributed by atoms with Gasteiger partial charge in [-0.25, -0.2) is 14.2 Å². The molecule has 0 aliphatic heterocycles. The van der Waals surface area contributed by atoms with E-state index >= 15 is 0 Å². The van der Waals surface area contributed by atoms with E-state index in [1.54, 1.807) is 0 Å². The zero-order valence-corrected chi connectivity index (χ0v) is 9.18. The summed E-state index contributed by atoms with van der Waals surface area (Å²) in [5, 5.41) is 14.8. The van der Waals surface area contributed by atoms with Crippen LogP contribution in [0, 0.1) is 0 Å². The first kappa shape index (κ1) is 23.1. The fraction of sp³-hybridized carbons (Fsp3) is 0. The minimum absolute atomic E-state index is 0. The van der Waals surface area contributed by atoms with E-state index in [0.29, 0.717) is 0 Å². The summed E-state index contributed by atoms with van der Waals surface area (Å²) in [6.45, 7) is 0. The maximum absolute atomic E-state index is 9.10. The number of carbonyl (C=O) groups is 2. The first-order valence-corrected chi connectivity index (χ1v) is 3.45. The third-order valence-electron chi connectivity index (χ3n) is 0.183. The first-order valence-electron chi connectivity index (χ1n) is 1.89. The van der Waals surface area contributed by atoms with Gasteiger partial charge in [-0.05, 0) is 0 Å². The van der Waals surface area contributed by atoms with Crippen molar-refractivity contribution in [2.75, 3.05) is 0 Å². The van der Waals surface area contributed by atoms with Gasteiger partial charge in [0.25, 0.3) is 0 Å². The third-order valence-corrected chi connectivity index (χ3v) is 0.183. The molecule has 0 aliphatic carbocycles. The number of hydrogen-bond donors (Lipinski definition) is 5. The van der Waals surface area contributed by atoms with Gasteiger partial charge in [-0.2, -0.15) is 0 Å². The van der Waals surface area contributed by atoms with Crippen LogP contribution in [0.1, 0.15) is 0 Å². The number of carboxylic acids is 2. The Morgan fingerprint density at radius 1 is 0.923 bits per heavy atom. The average Bonchev–Trinajstić information content (AvgIpc) is 1.59. The van der Waals surface area contributed by atoms with Gasteiger partial charge in [0.2, 0.25) is 0 Å². The molecular formula is C2H5FNaO8P. The maximum Gasteiger partial charge on any atom is 1.00 e. The predicted octanol–water partition coefficient (Wildman–Crippen LogP) is -7.76. The van der Waals surface area contributed by atoms with E-state index in [0.717, 1.165) is 0 Å². The molecule has 74 valence electrons. The Hall–Kier alpha value is -0.0200. The molecule has 0 saturated heterocycles. The minimum Gasteiger partial charge on any atom is -1.00 e. The molecule has 0 aromatic rings. The van der Waals surface area contributed by atoms with Crippen molar-refractivity contribution in [2.24, 2.45) is 0 Å². The average molecular weight is 230 g/mol. The molecule has 11 heteroatoms. The molecule has 0 spiro atoms. The van der Waals surface area contributed by atoms with Crippen molar-refractivity contribution in [3.05, 3.63) is 0 Å². The largest absolute Gasteiger partial charge is 1.00 e. The first-order chi connectivity index (χ1) is 4.64. The zero-order valence-electron chi connectivity index (χ0n) is 6.29. The fourth-order valence-corrected chi connectivity index (χ4v) is 0. The quantitative estimate of drug-likeness (QED) is 0.156. The van der Waals surface area contributed by atoms with Gasteiger partial charge >= 0.3 is 49.3 Å². The Morgan fingerprint density at radius 3 is 1.00 bits per heavy atom. The summed E-state index contributed by atoms with van der Waals surface area (Å²) in [5.74, 6) is -3.65. The predicted molar refractivity (Wildman–Crippen MR) is 29.5 cm³/mol. The summed E-state index contributed by atoms with van der Waals surface area (Å²) in [6, 6.07) is 0.